The Balaban J connectivity index is 1.96. The van der Waals surface area contributed by atoms with Crippen LogP contribution in [-0.4, -0.2) is 20.0 Å². The lowest BCUT2D eigenvalue weighted by atomic mass is 10.2. The van der Waals surface area contributed by atoms with E-state index in [2.05, 4.69) is 15.1 Å². The Kier molecular flexibility index (Phi) is 3.11. The van der Waals surface area contributed by atoms with Gasteiger partial charge >= 0.3 is 0 Å². The van der Waals surface area contributed by atoms with Gasteiger partial charge in [0, 0.05) is 17.7 Å². The molecule has 0 N–H and O–H groups in total. The number of aromatic nitrogens is 3. The number of benzene rings is 1. The van der Waals surface area contributed by atoms with E-state index in [4.69, 9.17) is 4.52 Å². The molecule has 3 aromatic rings. The fraction of sp³-hybridized carbons (Fsp3) is 0. The van der Waals surface area contributed by atoms with Crippen molar-refractivity contribution in [2.24, 2.45) is 0 Å². The molecule has 3 rings (SSSR count). The standard InChI is InChI=1S/C13H7FN4O3/c14-9-4-5-11(15-7-9)12-16-13(21-17-12)8-2-1-3-10(6-8)18(19)20/h1-7H. The Bertz CT molecular complexity index is 801. The Labute approximate surface area is 117 Å². The minimum Gasteiger partial charge on any atom is -0.334 e. The molecule has 0 aliphatic heterocycles. The molecule has 1 aromatic carbocycles. The predicted molar refractivity (Wildman–Crippen MR) is 69.6 cm³/mol. The van der Waals surface area contributed by atoms with Crippen molar-refractivity contribution < 1.29 is 13.8 Å². The topological polar surface area (TPSA) is 95.0 Å². The second-order valence-electron chi connectivity index (χ2n) is 4.09. The first-order chi connectivity index (χ1) is 10.1. The summed E-state index contributed by atoms with van der Waals surface area (Å²) in [6.07, 6.45) is 1.04. The van der Waals surface area contributed by atoms with Crippen molar-refractivity contribution in [1.29, 1.82) is 0 Å². The fourth-order valence-corrected chi connectivity index (χ4v) is 1.71. The van der Waals surface area contributed by atoms with Crippen LogP contribution in [0.4, 0.5) is 10.1 Å². The average molecular weight is 286 g/mol. The van der Waals surface area contributed by atoms with Gasteiger partial charge in [0.15, 0.2) is 0 Å². The van der Waals surface area contributed by atoms with Crippen LogP contribution in [0, 0.1) is 15.9 Å². The van der Waals surface area contributed by atoms with Crippen LogP contribution in [0.3, 0.4) is 0 Å². The lowest BCUT2D eigenvalue weighted by molar-refractivity contribution is -0.384. The van der Waals surface area contributed by atoms with E-state index in [-0.39, 0.29) is 17.4 Å². The van der Waals surface area contributed by atoms with Crippen molar-refractivity contribution in [3.63, 3.8) is 0 Å². The zero-order valence-corrected chi connectivity index (χ0v) is 10.4. The fourth-order valence-electron chi connectivity index (χ4n) is 1.71. The summed E-state index contributed by atoms with van der Waals surface area (Å²) in [6.45, 7) is 0. The third-order valence-electron chi connectivity index (χ3n) is 2.69. The van der Waals surface area contributed by atoms with Gasteiger partial charge in [-0.1, -0.05) is 11.2 Å². The number of hydrogen-bond donors (Lipinski definition) is 0. The summed E-state index contributed by atoms with van der Waals surface area (Å²) in [5.41, 5.74) is 0.689. The molecule has 104 valence electrons. The Hall–Kier alpha value is -3.16. The molecule has 0 aliphatic carbocycles. The highest BCUT2D eigenvalue weighted by molar-refractivity contribution is 5.60. The highest BCUT2D eigenvalue weighted by Crippen LogP contribution is 2.24. The summed E-state index contributed by atoms with van der Waals surface area (Å²) in [7, 11) is 0. The lowest BCUT2D eigenvalue weighted by Gasteiger charge is -1.94. The molecular formula is C13H7FN4O3. The molecular weight excluding hydrogens is 279 g/mol. The third kappa shape index (κ3) is 2.59. The van der Waals surface area contributed by atoms with Gasteiger partial charge in [0.05, 0.1) is 11.1 Å². The first-order valence-electron chi connectivity index (χ1n) is 5.84. The summed E-state index contributed by atoms with van der Waals surface area (Å²) in [5.74, 6) is -0.169. The molecule has 2 heterocycles. The van der Waals surface area contributed by atoms with Crippen molar-refractivity contribution in [3.8, 4) is 23.0 Å². The Morgan fingerprint density at radius 2 is 2.10 bits per heavy atom. The maximum absolute atomic E-state index is 12.8. The molecule has 7 nitrogen and oxygen atoms in total. The number of nitro groups is 1. The van der Waals surface area contributed by atoms with Crippen molar-refractivity contribution in [2.75, 3.05) is 0 Å². The SMILES string of the molecule is O=[N+]([O-])c1cccc(-c2nc(-c3ccc(F)cn3)no2)c1. The van der Waals surface area contributed by atoms with Crippen LogP contribution < -0.4 is 0 Å². The quantitative estimate of drug-likeness (QED) is 0.542. The number of non-ortho nitro benzene ring substituents is 1. The van der Waals surface area contributed by atoms with Crippen LogP contribution in [0.25, 0.3) is 23.0 Å². The first-order valence-corrected chi connectivity index (χ1v) is 5.84. The van der Waals surface area contributed by atoms with E-state index in [0.29, 0.717) is 11.3 Å². The molecule has 0 radical (unpaired) electrons. The molecule has 0 aliphatic rings. The molecule has 21 heavy (non-hydrogen) atoms. The minimum absolute atomic E-state index is 0.0767. The monoisotopic (exact) mass is 286 g/mol. The van der Waals surface area contributed by atoms with Gasteiger partial charge in [-0.25, -0.2) is 9.37 Å². The Morgan fingerprint density at radius 3 is 2.81 bits per heavy atom. The summed E-state index contributed by atoms with van der Waals surface area (Å²) >= 11 is 0. The van der Waals surface area contributed by atoms with Gasteiger partial charge in [0.1, 0.15) is 11.5 Å². The first kappa shape index (κ1) is 12.9. The second-order valence-corrected chi connectivity index (χ2v) is 4.09. The van der Waals surface area contributed by atoms with Crippen molar-refractivity contribution in [1.82, 2.24) is 15.1 Å². The van der Waals surface area contributed by atoms with Gasteiger partial charge in [-0.15, -0.1) is 0 Å². The van der Waals surface area contributed by atoms with E-state index in [1.165, 1.54) is 30.3 Å². The number of halogens is 1. The van der Waals surface area contributed by atoms with Crippen LogP contribution in [0.2, 0.25) is 0 Å². The van der Waals surface area contributed by atoms with Crippen LogP contribution in [0.1, 0.15) is 0 Å². The van der Waals surface area contributed by atoms with Crippen molar-refractivity contribution in [2.45, 2.75) is 0 Å². The lowest BCUT2D eigenvalue weighted by Crippen LogP contribution is -1.88. The molecule has 0 atom stereocenters. The summed E-state index contributed by atoms with van der Waals surface area (Å²) < 4.78 is 17.9. The zero-order valence-electron chi connectivity index (χ0n) is 10.4. The van der Waals surface area contributed by atoms with E-state index < -0.39 is 10.7 Å². The van der Waals surface area contributed by atoms with Gasteiger partial charge < -0.3 is 4.52 Å². The van der Waals surface area contributed by atoms with Gasteiger partial charge in [-0.3, -0.25) is 10.1 Å². The normalized spacial score (nSPS) is 10.5. The molecule has 0 spiro atoms. The predicted octanol–water partition coefficient (Wildman–Crippen LogP) is 2.85. The molecule has 0 amide bonds. The van der Waals surface area contributed by atoms with Gasteiger partial charge in [-0.05, 0) is 18.2 Å². The molecule has 8 heteroatoms. The van der Waals surface area contributed by atoms with E-state index in [1.54, 1.807) is 6.07 Å². The van der Waals surface area contributed by atoms with Gasteiger partial charge in [-0.2, -0.15) is 4.98 Å². The van der Waals surface area contributed by atoms with E-state index in [1.807, 2.05) is 0 Å². The van der Waals surface area contributed by atoms with Gasteiger partial charge in [0.25, 0.3) is 11.6 Å². The molecule has 0 fully saturated rings. The minimum atomic E-state index is -0.512. The maximum Gasteiger partial charge on any atom is 0.270 e. The number of rotatable bonds is 3. The highest BCUT2D eigenvalue weighted by Gasteiger charge is 2.14. The van der Waals surface area contributed by atoms with E-state index in [0.717, 1.165) is 6.20 Å². The smallest absolute Gasteiger partial charge is 0.270 e. The number of hydrogen-bond acceptors (Lipinski definition) is 6. The van der Waals surface area contributed by atoms with Crippen molar-refractivity contribution >= 4 is 5.69 Å². The molecule has 0 saturated heterocycles. The van der Waals surface area contributed by atoms with E-state index >= 15 is 0 Å². The molecule has 2 aromatic heterocycles. The van der Waals surface area contributed by atoms with Crippen LogP contribution in [-0.2, 0) is 0 Å². The number of pyridine rings is 1. The molecule has 0 saturated carbocycles. The Morgan fingerprint density at radius 1 is 1.24 bits per heavy atom. The number of nitro benzene ring substituents is 1. The highest BCUT2D eigenvalue weighted by atomic mass is 19.1. The number of nitrogens with zero attached hydrogens (tertiary/aromatic N) is 4. The average Bonchev–Trinajstić information content (AvgIpc) is 2.98. The third-order valence-corrected chi connectivity index (χ3v) is 2.69. The summed E-state index contributed by atoms with van der Waals surface area (Å²) in [5, 5.41) is 14.5. The summed E-state index contributed by atoms with van der Waals surface area (Å²) in [6, 6.07) is 8.47. The van der Waals surface area contributed by atoms with Crippen LogP contribution in [0.15, 0.2) is 47.1 Å². The molecule has 0 bridgehead atoms. The largest absolute Gasteiger partial charge is 0.334 e. The van der Waals surface area contributed by atoms with Crippen molar-refractivity contribution in [3.05, 3.63) is 58.5 Å². The maximum atomic E-state index is 12.8. The summed E-state index contributed by atoms with van der Waals surface area (Å²) in [4.78, 5) is 18.2. The molecule has 0 unspecified atom stereocenters. The van der Waals surface area contributed by atoms with E-state index in [9.17, 15) is 14.5 Å². The van der Waals surface area contributed by atoms with Gasteiger partial charge in [0.2, 0.25) is 5.82 Å². The van der Waals surface area contributed by atoms with Crippen LogP contribution in [0.5, 0.6) is 0 Å². The second kappa shape index (κ2) is 5.08. The zero-order chi connectivity index (χ0) is 14.8. The van der Waals surface area contributed by atoms with Crippen LogP contribution >= 0.6 is 0 Å².